The van der Waals surface area contributed by atoms with E-state index in [4.69, 9.17) is 9.47 Å². The highest BCUT2D eigenvalue weighted by Gasteiger charge is 2.22. The highest BCUT2D eigenvalue weighted by Crippen LogP contribution is 2.16. The predicted molar refractivity (Wildman–Crippen MR) is 97.4 cm³/mol. The first kappa shape index (κ1) is 17.4. The molecule has 3 rings (SSSR count). The average molecular weight is 343 g/mol. The molecular weight excluding hydrogens is 318 g/mol. The fourth-order valence-electron chi connectivity index (χ4n) is 2.91. The van der Waals surface area contributed by atoms with E-state index in [1.54, 1.807) is 14.2 Å². The van der Waals surface area contributed by atoms with Gasteiger partial charge in [-0.15, -0.1) is 0 Å². The lowest BCUT2D eigenvalue weighted by Gasteiger charge is -2.34. The zero-order chi connectivity index (χ0) is 17.5. The fourth-order valence-corrected chi connectivity index (χ4v) is 2.91. The van der Waals surface area contributed by atoms with E-state index in [1.165, 1.54) is 0 Å². The summed E-state index contributed by atoms with van der Waals surface area (Å²) < 4.78 is 10.9. The Morgan fingerprint density at radius 2 is 2.28 bits per heavy atom. The van der Waals surface area contributed by atoms with E-state index in [9.17, 15) is 0 Å². The normalized spacial score (nSPS) is 18.4. The SMILES string of the molecule is CN=C(NCc1ncc(-c2ccccc2)[nH]1)N1CCOC(COC)C1. The second kappa shape index (κ2) is 8.64. The molecule has 7 heteroatoms. The number of rotatable bonds is 5. The van der Waals surface area contributed by atoms with Crippen molar-refractivity contribution >= 4 is 5.96 Å². The predicted octanol–water partition coefficient (Wildman–Crippen LogP) is 1.50. The summed E-state index contributed by atoms with van der Waals surface area (Å²) in [4.78, 5) is 14.4. The number of H-pyrrole nitrogens is 1. The molecule has 2 N–H and O–H groups in total. The first-order valence-electron chi connectivity index (χ1n) is 8.45. The van der Waals surface area contributed by atoms with Crippen LogP contribution in [0.25, 0.3) is 11.3 Å². The number of benzene rings is 1. The van der Waals surface area contributed by atoms with Crippen molar-refractivity contribution in [1.29, 1.82) is 0 Å². The standard InChI is InChI=1S/C18H25N5O2/c1-19-18(23-8-9-25-15(12-23)13-24-2)21-11-17-20-10-16(22-17)14-6-4-3-5-7-14/h3-7,10,15H,8-9,11-13H2,1-2H3,(H,19,21)(H,20,22). The third kappa shape index (κ3) is 4.58. The number of aromatic amines is 1. The lowest BCUT2D eigenvalue weighted by Crippen LogP contribution is -2.51. The molecule has 2 aromatic rings. The summed E-state index contributed by atoms with van der Waals surface area (Å²) in [5.41, 5.74) is 2.14. The van der Waals surface area contributed by atoms with E-state index in [-0.39, 0.29) is 6.10 Å². The number of ether oxygens (including phenoxy) is 2. The summed E-state index contributed by atoms with van der Waals surface area (Å²) >= 11 is 0. The highest BCUT2D eigenvalue weighted by molar-refractivity contribution is 5.80. The van der Waals surface area contributed by atoms with Crippen molar-refractivity contribution in [2.75, 3.05) is 40.5 Å². The minimum Gasteiger partial charge on any atom is -0.382 e. The van der Waals surface area contributed by atoms with Crippen LogP contribution in [-0.4, -0.2) is 67.4 Å². The van der Waals surface area contributed by atoms with Crippen molar-refractivity contribution in [1.82, 2.24) is 20.2 Å². The van der Waals surface area contributed by atoms with Gasteiger partial charge in [0, 0.05) is 27.2 Å². The number of nitrogens with one attached hydrogen (secondary N) is 2. The Balaban J connectivity index is 1.57. The molecule has 1 fully saturated rings. The van der Waals surface area contributed by atoms with E-state index in [1.807, 2.05) is 24.4 Å². The van der Waals surface area contributed by atoms with Crippen LogP contribution in [-0.2, 0) is 16.0 Å². The molecule has 2 heterocycles. The third-order valence-corrected chi connectivity index (χ3v) is 4.13. The average Bonchev–Trinajstić information content (AvgIpc) is 3.13. The first-order valence-corrected chi connectivity index (χ1v) is 8.45. The molecule has 134 valence electrons. The molecule has 1 aliphatic heterocycles. The monoisotopic (exact) mass is 343 g/mol. The number of hydrogen-bond acceptors (Lipinski definition) is 4. The molecule has 1 aromatic heterocycles. The van der Waals surface area contributed by atoms with Crippen molar-refractivity contribution in [3.05, 3.63) is 42.4 Å². The minimum absolute atomic E-state index is 0.0746. The van der Waals surface area contributed by atoms with Crippen LogP contribution in [0.15, 0.2) is 41.5 Å². The van der Waals surface area contributed by atoms with Gasteiger partial charge >= 0.3 is 0 Å². The summed E-state index contributed by atoms with van der Waals surface area (Å²) in [6.07, 6.45) is 1.93. The second-order valence-corrected chi connectivity index (χ2v) is 5.90. The topological polar surface area (TPSA) is 74.8 Å². The number of nitrogens with zero attached hydrogens (tertiary/aromatic N) is 3. The van der Waals surface area contributed by atoms with Crippen molar-refractivity contribution in [3.8, 4) is 11.3 Å². The maximum Gasteiger partial charge on any atom is 0.194 e. The second-order valence-electron chi connectivity index (χ2n) is 5.90. The molecule has 0 aliphatic carbocycles. The number of imidazole rings is 1. The van der Waals surface area contributed by atoms with Gasteiger partial charge in [0.2, 0.25) is 0 Å². The molecule has 1 aromatic carbocycles. The summed E-state index contributed by atoms with van der Waals surface area (Å²) in [6, 6.07) is 10.2. The fraction of sp³-hybridized carbons (Fsp3) is 0.444. The number of aliphatic imine (C=N–C) groups is 1. The van der Waals surface area contributed by atoms with Gasteiger partial charge in [-0.2, -0.15) is 0 Å². The van der Waals surface area contributed by atoms with Gasteiger partial charge in [0.25, 0.3) is 0 Å². The third-order valence-electron chi connectivity index (χ3n) is 4.13. The summed E-state index contributed by atoms with van der Waals surface area (Å²) in [5, 5.41) is 3.37. The quantitative estimate of drug-likeness (QED) is 0.636. The summed E-state index contributed by atoms with van der Waals surface area (Å²) in [6.45, 7) is 3.43. The number of guanidine groups is 1. The van der Waals surface area contributed by atoms with Crippen molar-refractivity contribution in [3.63, 3.8) is 0 Å². The van der Waals surface area contributed by atoms with Gasteiger partial charge in [-0.1, -0.05) is 30.3 Å². The number of morpholine rings is 1. The van der Waals surface area contributed by atoms with Crippen LogP contribution in [0.5, 0.6) is 0 Å². The Morgan fingerprint density at radius 1 is 1.44 bits per heavy atom. The van der Waals surface area contributed by atoms with E-state index in [0.29, 0.717) is 19.8 Å². The summed E-state index contributed by atoms with van der Waals surface area (Å²) in [7, 11) is 3.48. The van der Waals surface area contributed by atoms with Crippen LogP contribution in [0.4, 0.5) is 0 Å². The van der Waals surface area contributed by atoms with Gasteiger partial charge < -0.3 is 24.7 Å². The number of aromatic nitrogens is 2. The van der Waals surface area contributed by atoms with Gasteiger partial charge in [-0.25, -0.2) is 4.98 Å². The maximum absolute atomic E-state index is 5.69. The lowest BCUT2D eigenvalue weighted by molar-refractivity contribution is -0.0447. The molecule has 7 nitrogen and oxygen atoms in total. The van der Waals surface area contributed by atoms with Crippen LogP contribution in [0, 0.1) is 0 Å². The molecule has 1 unspecified atom stereocenters. The van der Waals surface area contributed by atoms with Gasteiger partial charge in [0.15, 0.2) is 5.96 Å². The highest BCUT2D eigenvalue weighted by atomic mass is 16.5. The van der Waals surface area contributed by atoms with Crippen molar-refractivity contribution in [2.24, 2.45) is 4.99 Å². The Hall–Kier alpha value is -2.38. The number of hydrogen-bond donors (Lipinski definition) is 2. The van der Waals surface area contributed by atoms with E-state index in [0.717, 1.165) is 36.1 Å². The largest absolute Gasteiger partial charge is 0.382 e. The van der Waals surface area contributed by atoms with Crippen LogP contribution in [0.1, 0.15) is 5.82 Å². The molecule has 1 atom stereocenters. The summed E-state index contributed by atoms with van der Waals surface area (Å²) in [5.74, 6) is 1.73. The van der Waals surface area contributed by atoms with Gasteiger partial charge in [0.1, 0.15) is 5.82 Å². The van der Waals surface area contributed by atoms with Crippen LogP contribution >= 0.6 is 0 Å². The molecule has 1 aliphatic rings. The Bertz CT molecular complexity index is 684. The minimum atomic E-state index is 0.0746. The van der Waals surface area contributed by atoms with Crippen LogP contribution in [0.3, 0.4) is 0 Å². The Morgan fingerprint density at radius 3 is 3.04 bits per heavy atom. The zero-order valence-corrected chi connectivity index (χ0v) is 14.7. The molecule has 0 radical (unpaired) electrons. The van der Waals surface area contributed by atoms with Gasteiger partial charge in [-0.05, 0) is 5.56 Å². The molecule has 1 saturated heterocycles. The van der Waals surface area contributed by atoms with Crippen LogP contribution < -0.4 is 5.32 Å². The molecular formula is C18H25N5O2. The van der Waals surface area contributed by atoms with E-state index in [2.05, 4.69) is 37.3 Å². The van der Waals surface area contributed by atoms with Gasteiger partial charge in [-0.3, -0.25) is 4.99 Å². The molecule has 0 bridgehead atoms. The van der Waals surface area contributed by atoms with Crippen molar-refractivity contribution in [2.45, 2.75) is 12.6 Å². The molecule has 25 heavy (non-hydrogen) atoms. The van der Waals surface area contributed by atoms with Crippen molar-refractivity contribution < 1.29 is 9.47 Å². The lowest BCUT2D eigenvalue weighted by atomic mass is 10.2. The molecule has 0 amide bonds. The number of methoxy groups -OCH3 is 1. The zero-order valence-electron chi connectivity index (χ0n) is 14.7. The molecule has 0 saturated carbocycles. The Kier molecular flexibility index (Phi) is 6.03. The maximum atomic E-state index is 5.69. The smallest absolute Gasteiger partial charge is 0.194 e. The van der Waals surface area contributed by atoms with E-state index < -0.39 is 0 Å². The molecule has 0 spiro atoms. The van der Waals surface area contributed by atoms with Crippen LogP contribution in [0.2, 0.25) is 0 Å². The van der Waals surface area contributed by atoms with Gasteiger partial charge in [0.05, 0.1) is 37.8 Å². The first-order chi connectivity index (χ1) is 12.3. The van der Waals surface area contributed by atoms with E-state index >= 15 is 0 Å². The Labute approximate surface area is 148 Å².